The van der Waals surface area contributed by atoms with E-state index in [1.165, 1.54) is 38.5 Å². The number of nitriles is 1. The lowest BCUT2D eigenvalue weighted by atomic mass is 10.0. The molecule has 0 saturated carbocycles. The van der Waals surface area contributed by atoms with Crippen molar-refractivity contribution < 1.29 is 28.6 Å². The van der Waals surface area contributed by atoms with E-state index in [9.17, 15) is 19.6 Å². The second-order valence-electron chi connectivity index (χ2n) is 7.99. The maximum absolute atomic E-state index is 12.9. The molecular formula is C30H22N2O6. The highest BCUT2D eigenvalue weighted by atomic mass is 16.6. The third kappa shape index (κ3) is 5.53. The molecule has 4 rings (SSSR count). The van der Waals surface area contributed by atoms with Gasteiger partial charge in [-0.15, -0.1) is 0 Å². The predicted octanol–water partition coefficient (Wildman–Crippen LogP) is 5.40. The van der Waals surface area contributed by atoms with Crippen molar-refractivity contribution in [3.63, 3.8) is 0 Å². The molecule has 0 radical (unpaired) electrons. The summed E-state index contributed by atoms with van der Waals surface area (Å²) in [5, 5.41) is 13.8. The van der Waals surface area contributed by atoms with Crippen LogP contribution in [0.25, 0.3) is 16.8 Å². The average molecular weight is 507 g/mol. The average Bonchev–Trinajstić information content (AvgIpc) is 2.95. The molecule has 1 amide bonds. The Labute approximate surface area is 218 Å². The minimum absolute atomic E-state index is 0.152. The Balaban J connectivity index is 1.57. The van der Waals surface area contributed by atoms with E-state index in [4.69, 9.17) is 14.2 Å². The van der Waals surface area contributed by atoms with Gasteiger partial charge in [0, 0.05) is 0 Å². The van der Waals surface area contributed by atoms with Crippen molar-refractivity contribution >= 4 is 40.4 Å². The largest absolute Gasteiger partial charge is 0.493 e. The highest BCUT2D eigenvalue weighted by Gasteiger charge is 2.18. The second kappa shape index (κ2) is 11.5. The fourth-order valence-corrected chi connectivity index (χ4v) is 3.80. The zero-order chi connectivity index (χ0) is 27.1. The monoisotopic (exact) mass is 506 g/mol. The van der Waals surface area contributed by atoms with Crippen LogP contribution in [0.2, 0.25) is 0 Å². The molecule has 0 heterocycles. The van der Waals surface area contributed by atoms with Crippen LogP contribution in [0.15, 0.2) is 90.5 Å². The number of ether oxygens (including phenoxy) is 3. The van der Waals surface area contributed by atoms with E-state index in [0.29, 0.717) is 11.1 Å². The minimum atomic E-state index is -0.714. The summed E-state index contributed by atoms with van der Waals surface area (Å²) in [7, 11) is 2.65. The summed E-state index contributed by atoms with van der Waals surface area (Å²) in [6, 6.07) is 25.7. The van der Waals surface area contributed by atoms with Crippen LogP contribution in [0.4, 0.5) is 5.69 Å². The van der Waals surface area contributed by atoms with Crippen LogP contribution in [0.3, 0.4) is 0 Å². The lowest BCUT2D eigenvalue weighted by Gasteiger charge is -2.12. The minimum Gasteiger partial charge on any atom is -0.493 e. The van der Waals surface area contributed by atoms with E-state index in [1.54, 1.807) is 36.4 Å². The molecule has 0 fully saturated rings. The third-order valence-electron chi connectivity index (χ3n) is 5.66. The first-order valence-electron chi connectivity index (χ1n) is 11.4. The van der Waals surface area contributed by atoms with Crippen LogP contribution in [0.1, 0.15) is 26.3 Å². The zero-order valence-electron chi connectivity index (χ0n) is 20.6. The third-order valence-corrected chi connectivity index (χ3v) is 5.66. The maximum atomic E-state index is 12.9. The topological polar surface area (TPSA) is 115 Å². The fourth-order valence-electron chi connectivity index (χ4n) is 3.80. The lowest BCUT2D eigenvalue weighted by Crippen LogP contribution is -2.16. The molecule has 188 valence electrons. The van der Waals surface area contributed by atoms with Gasteiger partial charge in [0.1, 0.15) is 11.6 Å². The van der Waals surface area contributed by atoms with Gasteiger partial charge in [-0.05, 0) is 52.7 Å². The number of methoxy groups -OCH3 is 2. The van der Waals surface area contributed by atoms with Gasteiger partial charge in [0.25, 0.3) is 5.91 Å². The summed E-state index contributed by atoms with van der Waals surface area (Å²) in [6.07, 6.45) is 1.36. The van der Waals surface area contributed by atoms with E-state index in [0.717, 1.165) is 10.8 Å². The Morgan fingerprint density at radius 1 is 0.816 bits per heavy atom. The van der Waals surface area contributed by atoms with E-state index < -0.39 is 17.8 Å². The van der Waals surface area contributed by atoms with Crippen molar-refractivity contribution in [1.82, 2.24) is 0 Å². The van der Waals surface area contributed by atoms with Crippen molar-refractivity contribution in [3.8, 4) is 17.6 Å². The normalized spacial score (nSPS) is 10.8. The quantitative estimate of drug-likeness (QED) is 0.154. The number of esters is 2. The van der Waals surface area contributed by atoms with Gasteiger partial charge in [0.15, 0.2) is 11.5 Å². The van der Waals surface area contributed by atoms with Gasteiger partial charge < -0.3 is 19.5 Å². The molecule has 8 heteroatoms. The van der Waals surface area contributed by atoms with Crippen LogP contribution in [-0.4, -0.2) is 32.1 Å². The molecule has 4 aromatic carbocycles. The van der Waals surface area contributed by atoms with Gasteiger partial charge >= 0.3 is 11.9 Å². The number of rotatable bonds is 7. The van der Waals surface area contributed by atoms with Crippen molar-refractivity contribution in [3.05, 3.63) is 107 Å². The molecule has 0 bridgehead atoms. The Kier molecular flexibility index (Phi) is 7.80. The lowest BCUT2D eigenvalue weighted by molar-refractivity contribution is -0.112. The van der Waals surface area contributed by atoms with E-state index >= 15 is 0 Å². The van der Waals surface area contributed by atoms with Gasteiger partial charge in [-0.1, -0.05) is 54.6 Å². The Hall–Kier alpha value is -5.42. The van der Waals surface area contributed by atoms with Gasteiger partial charge in [-0.25, -0.2) is 9.59 Å². The Bertz CT molecular complexity index is 1610. The smallest absolute Gasteiger partial charge is 0.344 e. The first kappa shape index (κ1) is 25.7. The van der Waals surface area contributed by atoms with Crippen LogP contribution in [0.5, 0.6) is 11.5 Å². The Morgan fingerprint density at radius 3 is 2.29 bits per heavy atom. The standard InChI is InChI=1S/C30H22N2O6/c1-36-27-17-19(16-21(18-31)28(33)32-25-13-6-5-11-24(25)29(34)37-2)14-15-26(27)38-30(35)23-12-7-9-20-8-3-4-10-22(20)23/h3-17H,1-2H3,(H,32,33)/b21-16-. The first-order valence-corrected chi connectivity index (χ1v) is 11.4. The molecule has 0 spiro atoms. The number of benzene rings is 4. The first-order chi connectivity index (χ1) is 18.4. The van der Waals surface area contributed by atoms with Crippen LogP contribution in [-0.2, 0) is 9.53 Å². The van der Waals surface area contributed by atoms with Crippen LogP contribution in [0, 0.1) is 11.3 Å². The summed E-state index contributed by atoms with van der Waals surface area (Å²) >= 11 is 0. The van der Waals surface area contributed by atoms with Crippen molar-refractivity contribution in [2.24, 2.45) is 0 Å². The number of nitrogens with one attached hydrogen (secondary N) is 1. The zero-order valence-corrected chi connectivity index (χ0v) is 20.6. The molecule has 0 saturated heterocycles. The number of para-hydroxylation sites is 1. The second-order valence-corrected chi connectivity index (χ2v) is 7.99. The van der Waals surface area contributed by atoms with Crippen molar-refractivity contribution in [2.45, 2.75) is 0 Å². The summed E-state index contributed by atoms with van der Waals surface area (Å²) in [6.45, 7) is 0. The SMILES string of the molecule is COC(=O)c1ccccc1NC(=O)/C(C#N)=C\c1ccc(OC(=O)c2cccc3ccccc23)c(OC)c1. The van der Waals surface area contributed by atoms with Crippen molar-refractivity contribution in [2.75, 3.05) is 19.5 Å². The van der Waals surface area contributed by atoms with Gasteiger partial charge in [-0.2, -0.15) is 5.26 Å². The van der Waals surface area contributed by atoms with Gasteiger partial charge in [0.05, 0.1) is 31.0 Å². The summed E-state index contributed by atoms with van der Waals surface area (Å²) in [5.41, 5.74) is 1.01. The number of hydrogen-bond acceptors (Lipinski definition) is 7. The molecule has 1 N–H and O–H groups in total. The van der Waals surface area contributed by atoms with Crippen LogP contribution >= 0.6 is 0 Å². The highest BCUT2D eigenvalue weighted by Crippen LogP contribution is 2.31. The molecule has 38 heavy (non-hydrogen) atoms. The number of nitrogens with zero attached hydrogens (tertiary/aromatic N) is 1. The molecule has 0 atom stereocenters. The molecular weight excluding hydrogens is 484 g/mol. The molecule has 0 unspecified atom stereocenters. The summed E-state index contributed by atoms with van der Waals surface area (Å²) in [4.78, 5) is 37.7. The molecule has 0 aliphatic heterocycles. The molecule has 0 aliphatic carbocycles. The summed E-state index contributed by atoms with van der Waals surface area (Å²) in [5.74, 6) is -1.47. The highest BCUT2D eigenvalue weighted by molar-refractivity contribution is 6.12. The predicted molar refractivity (Wildman–Crippen MR) is 142 cm³/mol. The molecule has 0 aliphatic rings. The van der Waals surface area contributed by atoms with Crippen molar-refractivity contribution in [1.29, 1.82) is 5.26 Å². The van der Waals surface area contributed by atoms with Gasteiger partial charge in [-0.3, -0.25) is 4.79 Å². The number of carbonyl (C=O) groups is 3. The number of hydrogen-bond donors (Lipinski definition) is 1. The molecule has 8 nitrogen and oxygen atoms in total. The fraction of sp³-hybridized carbons (Fsp3) is 0.0667. The summed E-state index contributed by atoms with van der Waals surface area (Å²) < 4.78 is 15.7. The molecule has 0 aromatic heterocycles. The van der Waals surface area contributed by atoms with E-state index in [2.05, 4.69) is 5.32 Å². The number of amides is 1. The molecule has 4 aromatic rings. The van der Waals surface area contributed by atoms with Gasteiger partial charge in [0.2, 0.25) is 0 Å². The van der Waals surface area contributed by atoms with E-state index in [-0.39, 0.29) is 28.3 Å². The number of anilines is 1. The van der Waals surface area contributed by atoms with E-state index in [1.807, 2.05) is 36.4 Å². The maximum Gasteiger partial charge on any atom is 0.344 e. The van der Waals surface area contributed by atoms with Crippen LogP contribution < -0.4 is 14.8 Å². The number of fused-ring (bicyclic) bond motifs is 1. The Morgan fingerprint density at radius 2 is 1.53 bits per heavy atom. The number of carbonyl (C=O) groups excluding carboxylic acids is 3.